The standard InChI is InChI=1S/C27H53N2Si/c1-29(2,26-27-20-15-14-16-21-27)24-18-13-11-9-7-5-3-4-6-8-10-12-17-22-28-23-19-25-30/h14-16,20-21,28H,3-13,17-19,22-26H2,1-2,30H3/q+1. The molecule has 174 valence electrons. The molecule has 1 aromatic carbocycles. The molecule has 0 aromatic heterocycles. The normalized spacial score (nSPS) is 11.9. The van der Waals surface area contributed by atoms with Crippen LogP contribution in [-0.4, -0.2) is 48.5 Å². The van der Waals surface area contributed by atoms with Crippen molar-refractivity contribution in [3.05, 3.63) is 35.9 Å². The molecule has 0 aliphatic heterocycles. The van der Waals surface area contributed by atoms with Gasteiger partial charge in [-0.05, 0) is 38.8 Å². The van der Waals surface area contributed by atoms with E-state index in [1.165, 1.54) is 131 Å². The van der Waals surface area contributed by atoms with E-state index < -0.39 is 0 Å². The van der Waals surface area contributed by atoms with E-state index in [0.29, 0.717) is 0 Å². The second-order valence-electron chi connectivity index (χ2n) is 10.0. The minimum atomic E-state index is 1.11. The van der Waals surface area contributed by atoms with Gasteiger partial charge in [0.1, 0.15) is 6.54 Å². The van der Waals surface area contributed by atoms with E-state index in [-0.39, 0.29) is 0 Å². The van der Waals surface area contributed by atoms with E-state index in [2.05, 4.69) is 49.7 Å². The Kier molecular flexibility index (Phi) is 17.4. The van der Waals surface area contributed by atoms with Crippen LogP contribution in [0.2, 0.25) is 6.04 Å². The Hall–Kier alpha value is -0.643. The predicted octanol–water partition coefficient (Wildman–Crippen LogP) is 6.10. The van der Waals surface area contributed by atoms with Gasteiger partial charge in [0.2, 0.25) is 0 Å². The lowest BCUT2D eigenvalue weighted by molar-refractivity contribution is -0.903. The summed E-state index contributed by atoms with van der Waals surface area (Å²) in [7, 11) is 6.11. The largest absolute Gasteiger partial charge is 0.325 e. The summed E-state index contributed by atoms with van der Waals surface area (Å²) in [5, 5.41) is 3.57. The Morgan fingerprint density at radius 1 is 0.633 bits per heavy atom. The molecule has 0 atom stereocenters. The van der Waals surface area contributed by atoms with Gasteiger partial charge in [0, 0.05) is 15.8 Å². The van der Waals surface area contributed by atoms with Crippen molar-refractivity contribution in [3.63, 3.8) is 0 Å². The molecule has 0 saturated carbocycles. The Balaban J connectivity index is 1.79. The first-order valence-electron chi connectivity index (χ1n) is 13.2. The molecule has 0 amide bonds. The van der Waals surface area contributed by atoms with Gasteiger partial charge in [0.05, 0.1) is 20.6 Å². The van der Waals surface area contributed by atoms with E-state index in [0.717, 1.165) is 11.0 Å². The van der Waals surface area contributed by atoms with Crippen LogP contribution < -0.4 is 5.32 Å². The van der Waals surface area contributed by atoms with Crippen LogP contribution in [0.3, 0.4) is 0 Å². The molecular weight excluding hydrogens is 380 g/mol. The third-order valence-electron chi connectivity index (χ3n) is 6.28. The van der Waals surface area contributed by atoms with Gasteiger partial charge in [-0.15, -0.1) is 0 Å². The molecule has 0 unspecified atom stereocenters. The molecule has 0 fully saturated rings. The van der Waals surface area contributed by atoms with Gasteiger partial charge in [-0.3, -0.25) is 0 Å². The van der Waals surface area contributed by atoms with E-state index >= 15 is 0 Å². The lowest BCUT2D eigenvalue weighted by Gasteiger charge is -2.30. The van der Waals surface area contributed by atoms with E-state index in [1.54, 1.807) is 0 Å². The van der Waals surface area contributed by atoms with Crippen molar-refractivity contribution < 1.29 is 4.48 Å². The molecule has 0 spiro atoms. The fourth-order valence-corrected chi connectivity index (χ4v) is 4.67. The number of benzene rings is 1. The minimum Gasteiger partial charge on any atom is -0.325 e. The summed E-state index contributed by atoms with van der Waals surface area (Å²) in [6, 6.07) is 12.4. The monoisotopic (exact) mass is 433 g/mol. The van der Waals surface area contributed by atoms with E-state index in [9.17, 15) is 0 Å². The van der Waals surface area contributed by atoms with Gasteiger partial charge in [0.25, 0.3) is 0 Å². The number of nitrogens with one attached hydrogen (secondary N) is 1. The number of rotatable bonds is 21. The maximum Gasteiger partial charge on any atom is 0.104 e. The molecule has 1 N–H and O–H groups in total. The molecular formula is C27H53N2Si+. The number of hydrogen-bond donors (Lipinski definition) is 1. The maximum absolute atomic E-state index is 3.57. The number of unbranched alkanes of at least 4 members (excludes halogenated alkanes) is 12. The van der Waals surface area contributed by atoms with E-state index in [4.69, 9.17) is 0 Å². The zero-order chi connectivity index (χ0) is 21.8. The summed E-state index contributed by atoms with van der Waals surface area (Å²) < 4.78 is 1.11. The molecule has 0 bridgehead atoms. The Labute approximate surface area is 192 Å². The second kappa shape index (κ2) is 19.1. The SMILES string of the molecule is C[N+](C)(CCCCCCCCCCCCCCCNCCC[SiH3])Cc1ccccc1. The van der Waals surface area contributed by atoms with Crippen molar-refractivity contribution in [2.45, 2.75) is 102 Å². The zero-order valence-electron chi connectivity index (χ0n) is 20.8. The highest BCUT2D eigenvalue weighted by molar-refractivity contribution is 6.08. The van der Waals surface area contributed by atoms with E-state index in [1.807, 2.05) is 0 Å². The molecule has 1 rings (SSSR count). The molecule has 2 nitrogen and oxygen atoms in total. The summed E-state index contributed by atoms with van der Waals surface area (Å²) in [6.07, 6.45) is 20.0. The number of hydrogen-bond acceptors (Lipinski definition) is 1. The lowest BCUT2D eigenvalue weighted by Crippen LogP contribution is -2.39. The van der Waals surface area contributed by atoms with Gasteiger partial charge in [-0.1, -0.05) is 101 Å². The number of quaternary nitrogens is 1. The average Bonchev–Trinajstić information content (AvgIpc) is 2.73. The fourth-order valence-electron chi connectivity index (χ4n) is 4.32. The molecule has 0 heterocycles. The molecule has 0 aliphatic rings. The quantitative estimate of drug-likeness (QED) is 0.140. The first-order chi connectivity index (χ1) is 14.6. The topological polar surface area (TPSA) is 12.0 Å². The fraction of sp³-hybridized carbons (Fsp3) is 0.778. The van der Waals surface area contributed by atoms with Crippen LogP contribution in [-0.2, 0) is 6.54 Å². The van der Waals surface area contributed by atoms with Crippen LogP contribution in [0.15, 0.2) is 30.3 Å². The highest BCUT2D eigenvalue weighted by Gasteiger charge is 2.14. The summed E-state index contributed by atoms with van der Waals surface area (Å²) in [4.78, 5) is 0. The third kappa shape index (κ3) is 17.1. The van der Waals surface area contributed by atoms with Crippen LogP contribution in [0.5, 0.6) is 0 Å². The molecule has 1 aromatic rings. The Morgan fingerprint density at radius 3 is 1.63 bits per heavy atom. The molecule has 0 radical (unpaired) electrons. The summed E-state index contributed by atoms with van der Waals surface area (Å²) in [5.74, 6) is 0. The van der Waals surface area contributed by atoms with Gasteiger partial charge in [-0.25, -0.2) is 0 Å². The molecule has 30 heavy (non-hydrogen) atoms. The highest BCUT2D eigenvalue weighted by atomic mass is 28.1. The molecule has 0 saturated heterocycles. The second-order valence-corrected chi connectivity index (χ2v) is 11.0. The summed E-state index contributed by atoms with van der Waals surface area (Å²) in [6.45, 7) is 4.93. The third-order valence-corrected chi connectivity index (χ3v) is 6.98. The summed E-state index contributed by atoms with van der Waals surface area (Å²) >= 11 is 0. The zero-order valence-corrected chi connectivity index (χ0v) is 22.8. The minimum absolute atomic E-state index is 1.11. The van der Waals surface area contributed by atoms with Crippen molar-refractivity contribution >= 4 is 10.2 Å². The van der Waals surface area contributed by atoms with Crippen molar-refractivity contribution in [1.82, 2.24) is 5.32 Å². The Morgan fingerprint density at radius 2 is 1.10 bits per heavy atom. The van der Waals surface area contributed by atoms with Crippen LogP contribution >= 0.6 is 0 Å². The molecule has 3 heteroatoms. The van der Waals surface area contributed by atoms with Crippen LogP contribution in [0.1, 0.15) is 95.5 Å². The van der Waals surface area contributed by atoms with Gasteiger partial charge < -0.3 is 9.80 Å². The summed E-state index contributed by atoms with van der Waals surface area (Å²) in [5.41, 5.74) is 1.46. The Bertz CT molecular complexity index is 475. The van der Waals surface area contributed by atoms with Crippen molar-refractivity contribution in [2.24, 2.45) is 0 Å². The van der Waals surface area contributed by atoms with Crippen LogP contribution in [0.25, 0.3) is 0 Å². The van der Waals surface area contributed by atoms with Crippen molar-refractivity contribution in [2.75, 3.05) is 33.7 Å². The van der Waals surface area contributed by atoms with Gasteiger partial charge >= 0.3 is 0 Å². The van der Waals surface area contributed by atoms with Crippen LogP contribution in [0, 0.1) is 0 Å². The van der Waals surface area contributed by atoms with Crippen molar-refractivity contribution in [1.29, 1.82) is 0 Å². The molecule has 0 aliphatic carbocycles. The van der Waals surface area contributed by atoms with Crippen LogP contribution in [0.4, 0.5) is 0 Å². The predicted molar refractivity (Wildman–Crippen MR) is 139 cm³/mol. The first kappa shape index (κ1) is 27.4. The highest BCUT2D eigenvalue weighted by Crippen LogP contribution is 2.14. The maximum atomic E-state index is 3.57. The lowest BCUT2D eigenvalue weighted by atomic mass is 10.0. The number of nitrogens with zero attached hydrogens (tertiary/aromatic N) is 1. The van der Waals surface area contributed by atoms with Gasteiger partial charge in [-0.2, -0.15) is 0 Å². The smallest absolute Gasteiger partial charge is 0.104 e. The average molecular weight is 434 g/mol. The van der Waals surface area contributed by atoms with Crippen molar-refractivity contribution in [3.8, 4) is 0 Å². The first-order valence-corrected chi connectivity index (χ1v) is 14.6. The van der Waals surface area contributed by atoms with Gasteiger partial charge in [0.15, 0.2) is 0 Å².